The molecule has 2 heterocycles. The molecule has 5 rings (SSSR count). The Bertz CT molecular complexity index is 1360. The smallest absolute Gasteiger partial charge is 0.339 e. The molecule has 1 aromatic heterocycles. The molecule has 36 heavy (non-hydrogen) atoms. The SMILES string of the molecule is O=C(OCC(=O)N1CCOCC1)c1c2c(nc3ccccc13)/C(=C/c1ccc([N+](=O)[O-])cc1)CCC2. The number of carbonyl (C=O) groups is 2. The summed E-state index contributed by atoms with van der Waals surface area (Å²) in [7, 11) is 0. The predicted octanol–water partition coefficient (Wildman–Crippen LogP) is 4.04. The van der Waals surface area contributed by atoms with Crippen LogP contribution in [-0.4, -0.2) is 59.6 Å². The third-order valence-electron chi connectivity index (χ3n) is 6.51. The van der Waals surface area contributed by atoms with Gasteiger partial charge in [-0.2, -0.15) is 0 Å². The van der Waals surface area contributed by atoms with Crippen LogP contribution in [0.1, 0.15) is 40.0 Å². The van der Waals surface area contributed by atoms with Gasteiger partial charge in [0, 0.05) is 30.6 Å². The molecule has 184 valence electrons. The van der Waals surface area contributed by atoms with Crippen molar-refractivity contribution in [3.63, 3.8) is 0 Å². The Morgan fingerprint density at radius 1 is 1.08 bits per heavy atom. The first kappa shape index (κ1) is 23.6. The number of amides is 1. The average molecular weight is 488 g/mol. The second-order valence-corrected chi connectivity index (χ2v) is 8.77. The molecule has 9 nitrogen and oxygen atoms in total. The number of rotatable bonds is 5. The summed E-state index contributed by atoms with van der Waals surface area (Å²) in [6.45, 7) is 1.61. The summed E-state index contributed by atoms with van der Waals surface area (Å²) in [5.41, 5.74) is 4.44. The van der Waals surface area contributed by atoms with E-state index in [1.165, 1.54) is 12.1 Å². The number of fused-ring (bicyclic) bond motifs is 2. The second-order valence-electron chi connectivity index (χ2n) is 8.77. The highest BCUT2D eigenvalue weighted by atomic mass is 16.6. The summed E-state index contributed by atoms with van der Waals surface area (Å²) in [5.74, 6) is -0.777. The standard InChI is InChI=1S/C27H25N3O6/c31-24(29-12-14-35-15-13-29)17-36-27(32)25-21-5-1-2-7-23(21)28-26-19(4-3-6-22(25)26)16-18-8-10-20(11-9-18)30(33)34/h1-2,5,7-11,16H,3-4,6,12-15,17H2/b19-16+. The average Bonchev–Trinajstić information content (AvgIpc) is 2.91. The van der Waals surface area contributed by atoms with E-state index in [1.807, 2.05) is 30.3 Å². The maximum Gasteiger partial charge on any atom is 0.339 e. The van der Waals surface area contributed by atoms with E-state index >= 15 is 0 Å². The number of morpholine rings is 1. The van der Waals surface area contributed by atoms with Crippen molar-refractivity contribution in [1.29, 1.82) is 0 Å². The van der Waals surface area contributed by atoms with Crippen LogP contribution >= 0.6 is 0 Å². The van der Waals surface area contributed by atoms with E-state index in [2.05, 4.69) is 0 Å². The number of allylic oxidation sites excluding steroid dienone is 1. The lowest BCUT2D eigenvalue weighted by molar-refractivity contribution is -0.384. The molecule has 0 bridgehead atoms. The van der Waals surface area contributed by atoms with Crippen LogP contribution in [0, 0.1) is 10.1 Å². The monoisotopic (exact) mass is 487 g/mol. The zero-order valence-corrected chi connectivity index (χ0v) is 19.6. The molecule has 1 saturated heterocycles. The first-order chi connectivity index (χ1) is 17.5. The van der Waals surface area contributed by atoms with Crippen LogP contribution < -0.4 is 0 Å². The number of nitro groups is 1. The van der Waals surface area contributed by atoms with Gasteiger partial charge in [0.05, 0.1) is 34.9 Å². The number of benzene rings is 2. The molecule has 3 aromatic rings. The lowest BCUT2D eigenvalue weighted by Gasteiger charge is -2.27. The molecule has 2 aliphatic rings. The van der Waals surface area contributed by atoms with Crippen molar-refractivity contribution < 1.29 is 24.0 Å². The summed E-state index contributed by atoms with van der Waals surface area (Å²) in [6.07, 6.45) is 4.20. The summed E-state index contributed by atoms with van der Waals surface area (Å²) >= 11 is 0. The number of non-ortho nitro benzene ring substituents is 1. The Morgan fingerprint density at radius 3 is 2.58 bits per heavy atom. The number of carbonyl (C=O) groups excluding carboxylic acids is 2. The van der Waals surface area contributed by atoms with Crippen molar-refractivity contribution in [2.45, 2.75) is 19.3 Å². The molecular weight excluding hydrogens is 462 g/mol. The third kappa shape index (κ3) is 4.83. The fourth-order valence-corrected chi connectivity index (χ4v) is 4.71. The number of hydrogen-bond donors (Lipinski definition) is 0. The van der Waals surface area contributed by atoms with Gasteiger partial charge in [-0.05, 0) is 60.2 Å². The highest BCUT2D eigenvalue weighted by molar-refractivity contribution is 6.07. The molecule has 0 radical (unpaired) electrons. The Morgan fingerprint density at radius 2 is 1.83 bits per heavy atom. The minimum absolute atomic E-state index is 0.0296. The van der Waals surface area contributed by atoms with Gasteiger partial charge in [-0.1, -0.05) is 18.2 Å². The Hall–Kier alpha value is -4.11. The molecule has 1 aliphatic heterocycles. The van der Waals surface area contributed by atoms with Crippen LogP contribution in [0.5, 0.6) is 0 Å². The Kier molecular flexibility index (Phi) is 6.73. The summed E-state index contributed by atoms with van der Waals surface area (Å²) in [4.78, 5) is 43.0. The van der Waals surface area contributed by atoms with Crippen molar-refractivity contribution in [3.05, 3.63) is 81.0 Å². The molecule has 2 aromatic carbocycles. The number of ether oxygens (including phenoxy) is 2. The summed E-state index contributed by atoms with van der Waals surface area (Å²) in [5, 5.41) is 11.7. The van der Waals surface area contributed by atoms with Crippen LogP contribution in [0.4, 0.5) is 5.69 Å². The van der Waals surface area contributed by atoms with Gasteiger partial charge >= 0.3 is 5.97 Å². The zero-order chi connectivity index (χ0) is 25.1. The van der Waals surface area contributed by atoms with Gasteiger partial charge < -0.3 is 14.4 Å². The highest BCUT2D eigenvalue weighted by Gasteiger charge is 2.27. The third-order valence-corrected chi connectivity index (χ3v) is 6.51. The van der Waals surface area contributed by atoms with E-state index < -0.39 is 10.9 Å². The molecule has 0 N–H and O–H groups in total. The van der Waals surface area contributed by atoms with Crippen molar-refractivity contribution in [1.82, 2.24) is 9.88 Å². The zero-order valence-electron chi connectivity index (χ0n) is 19.6. The normalized spacial score (nSPS) is 16.6. The minimum Gasteiger partial charge on any atom is -0.452 e. The Balaban J connectivity index is 1.48. The summed E-state index contributed by atoms with van der Waals surface area (Å²) in [6, 6.07) is 13.8. The fraction of sp³-hybridized carbons (Fsp3) is 0.296. The van der Waals surface area contributed by atoms with E-state index in [4.69, 9.17) is 14.5 Å². The quantitative estimate of drug-likeness (QED) is 0.303. The molecular formula is C27H25N3O6. The first-order valence-electron chi connectivity index (χ1n) is 11.9. The van der Waals surface area contributed by atoms with Gasteiger partial charge in [-0.15, -0.1) is 0 Å². The molecule has 1 fully saturated rings. The number of pyridine rings is 1. The number of nitrogens with zero attached hydrogens (tertiary/aromatic N) is 3. The largest absolute Gasteiger partial charge is 0.452 e. The van der Waals surface area contributed by atoms with Crippen LogP contribution in [0.15, 0.2) is 48.5 Å². The molecule has 0 saturated carbocycles. The van der Waals surface area contributed by atoms with Gasteiger partial charge in [0.1, 0.15) is 0 Å². The number of para-hydroxylation sites is 1. The van der Waals surface area contributed by atoms with Gasteiger partial charge in [-0.3, -0.25) is 14.9 Å². The highest BCUT2D eigenvalue weighted by Crippen LogP contribution is 2.36. The minimum atomic E-state index is -0.539. The van der Waals surface area contributed by atoms with Crippen molar-refractivity contribution in [3.8, 4) is 0 Å². The molecule has 0 spiro atoms. The Labute approximate surface area is 207 Å². The van der Waals surface area contributed by atoms with Gasteiger partial charge in [0.2, 0.25) is 0 Å². The van der Waals surface area contributed by atoms with Crippen LogP contribution in [0.25, 0.3) is 22.6 Å². The molecule has 0 atom stereocenters. The van der Waals surface area contributed by atoms with E-state index in [-0.39, 0.29) is 18.2 Å². The predicted molar refractivity (Wildman–Crippen MR) is 133 cm³/mol. The van der Waals surface area contributed by atoms with Gasteiger partial charge in [-0.25, -0.2) is 9.78 Å². The number of esters is 1. The lowest BCUT2D eigenvalue weighted by atomic mass is 9.86. The maximum absolute atomic E-state index is 13.4. The summed E-state index contributed by atoms with van der Waals surface area (Å²) < 4.78 is 10.8. The molecule has 1 amide bonds. The van der Waals surface area contributed by atoms with Crippen molar-refractivity contribution in [2.75, 3.05) is 32.9 Å². The molecule has 9 heteroatoms. The van der Waals surface area contributed by atoms with Crippen LogP contribution in [0.2, 0.25) is 0 Å². The topological polar surface area (TPSA) is 112 Å². The number of nitro benzene ring substituents is 1. The van der Waals surface area contributed by atoms with E-state index in [0.717, 1.165) is 35.2 Å². The van der Waals surface area contributed by atoms with Gasteiger partial charge in [0.15, 0.2) is 6.61 Å². The molecule has 0 unspecified atom stereocenters. The first-order valence-corrected chi connectivity index (χ1v) is 11.9. The number of aromatic nitrogens is 1. The van der Waals surface area contributed by atoms with Gasteiger partial charge in [0.25, 0.3) is 11.6 Å². The number of hydrogen-bond acceptors (Lipinski definition) is 7. The van der Waals surface area contributed by atoms with E-state index in [0.29, 0.717) is 49.2 Å². The van der Waals surface area contributed by atoms with E-state index in [1.54, 1.807) is 17.0 Å². The lowest BCUT2D eigenvalue weighted by Crippen LogP contribution is -2.42. The second kappa shape index (κ2) is 10.2. The van der Waals surface area contributed by atoms with Crippen molar-refractivity contribution >= 4 is 40.1 Å². The van der Waals surface area contributed by atoms with Crippen molar-refractivity contribution in [2.24, 2.45) is 0 Å². The van der Waals surface area contributed by atoms with Crippen LogP contribution in [0.3, 0.4) is 0 Å². The van der Waals surface area contributed by atoms with Crippen LogP contribution in [-0.2, 0) is 20.7 Å². The fourth-order valence-electron chi connectivity index (χ4n) is 4.71. The maximum atomic E-state index is 13.4. The van der Waals surface area contributed by atoms with E-state index in [9.17, 15) is 19.7 Å². The molecule has 1 aliphatic carbocycles.